The maximum Gasteiger partial charge on any atom is 0.0900 e. The Kier molecular flexibility index (Phi) is 5.13. The maximum atomic E-state index is 9.87. The number of aliphatic hydroxyl groups excluding tert-OH is 1. The Labute approximate surface area is 108 Å². The Balaban J connectivity index is 1.61. The van der Waals surface area contributed by atoms with Crippen molar-refractivity contribution in [2.75, 3.05) is 26.2 Å². The summed E-state index contributed by atoms with van der Waals surface area (Å²) in [4.78, 5) is 2.20. The minimum atomic E-state index is -0.431. The van der Waals surface area contributed by atoms with Crippen molar-refractivity contribution in [2.45, 2.75) is 25.2 Å². The van der Waals surface area contributed by atoms with E-state index < -0.39 is 6.10 Å². The summed E-state index contributed by atoms with van der Waals surface area (Å²) in [6.07, 6.45) is 0.594. The van der Waals surface area contributed by atoms with Crippen LogP contribution in [0.1, 0.15) is 12.0 Å². The molecule has 1 fully saturated rings. The van der Waals surface area contributed by atoms with Gasteiger partial charge >= 0.3 is 0 Å². The number of nitrogens with zero attached hydrogens (tertiary/aromatic N) is 1. The highest BCUT2D eigenvalue weighted by atomic mass is 16.5. The topological polar surface area (TPSA) is 58.7 Å². The van der Waals surface area contributed by atoms with Gasteiger partial charge in [0.2, 0.25) is 0 Å². The van der Waals surface area contributed by atoms with E-state index in [1.54, 1.807) is 0 Å². The normalized spacial score (nSPS) is 22.2. The molecule has 0 bridgehead atoms. The molecule has 1 aliphatic rings. The van der Waals surface area contributed by atoms with Gasteiger partial charge in [-0.15, -0.1) is 0 Å². The largest absolute Gasteiger partial charge is 0.389 e. The number of hydrogen-bond donors (Lipinski definition) is 2. The first-order valence-corrected chi connectivity index (χ1v) is 6.51. The van der Waals surface area contributed by atoms with Crippen LogP contribution in [-0.4, -0.2) is 48.4 Å². The Morgan fingerprint density at radius 3 is 2.83 bits per heavy atom. The molecule has 0 aromatic heterocycles. The lowest BCUT2D eigenvalue weighted by molar-refractivity contribution is 0.0132. The van der Waals surface area contributed by atoms with E-state index in [4.69, 9.17) is 10.5 Å². The third-order valence-electron chi connectivity index (χ3n) is 3.20. The van der Waals surface area contributed by atoms with Crippen molar-refractivity contribution >= 4 is 0 Å². The highest BCUT2D eigenvalue weighted by molar-refractivity contribution is 5.13. The summed E-state index contributed by atoms with van der Waals surface area (Å²) in [5, 5.41) is 9.87. The molecule has 3 N–H and O–H groups in total. The Bertz CT molecular complexity index is 345. The van der Waals surface area contributed by atoms with Crippen molar-refractivity contribution in [3.8, 4) is 0 Å². The first-order chi connectivity index (χ1) is 8.74. The van der Waals surface area contributed by atoms with Gasteiger partial charge in [-0.25, -0.2) is 0 Å². The molecule has 1 aromatic carbocycles. The van der Waals surface area contributed by atoms with E-state index in [2.05, 4.69) is 4.90 Å². The van der Waals surface area contributed by atoms with Crippen LogP contribution in [0.3, 0.4) is 0 Å². The molecule has 1 unspecified atom stereocenters. The van der Waals surface area contributed by atoms with Gasteiger partial charge in [-0.3, -0.25) is 4.90 Å². The zero-order valence-electron chi connectivity index (χ0n) is 10.7. The van der Waals surface area contributed by atoms with Crippen molar-refractivity contribution < 1.29 is 9.84 Å². The zero-order valence-corrected chi connectivity index (χ0v) is 10.7. The third kappa shape index (κ3) is 4.38. The van der Waals surface area contributed by atoms with Crippen LogP contribution in [0.5, 0.6) is 0 Å². The smallest absolute Gasteiger partial charge is 0.0900 e. The first-order valence-electron chi connectivity index (χ1n) is 6.51. The lowest BCUT2D eigenvalue weighted by Gasteiger charge is -2.19. The highest BCUT2D eigenvalue weighted by Gasteiger charge is 2.21. The van der Waals surface area contributed by atoms with Gasteiger partial charge in [0.25, 0.3) is 0 Å². The Morgan fingerprint density at radius 2 is 2.17 bits per heavy atom. The number of rotatable bonds is 6. The van der Waals surface area contributed by atoms with E-state index in [0.717, 1.165) is 25.1 Å². The average molecular weight is 250 g/mol. The van der Waals surface area contributed by atoms with Gasteiger partial charge in [-0.1, -0.05) is 30.3 Å². The fourth-order valence-corrected chi connectivity index (χ4v) is 2.27. The number of aliphatic hydroxyl groups is 1. The van der Waals surface area contributed by atoms with Crippen molar-refractivity contribution in [1.82, 2.24) is 4.90 Å². The molecule has 4 heteroatoms. The molecule has 0 radical (unpaired) electrons. The first kappa shape index (κ1) is 13.5. The van der Waals surface area contributed by atoms with Gasteiger partial charge in [0, 0.05) is 19.1 Å². The van der Waals surface area contributed by atoms with Gasteiger partial charge in [0.15, 0.2) is 0 Å². The summed E-state index contributed by atoms with van der Waals surface area (Å²) in [6.45, 7) is 3.45. The second kappa shape index (κ2) is 6.85. The van der Waals surface area contributed by atoms with Crippen molar-refractivity contribution in [1.29, 1.82) is 0 Å². The monoisotopic (exact) mass is 250 g/mol. The summed E-state index contributed by atoms with van der Waals surface area (Å²) in [7, 11) is 0. The number of likely N-dealkylation sites (tertiary alicyclic amines) is 1. The standard InChI is InChI=1S/C14H22N2O2/c15-13-6-7-16(8-13)9-14(17)11-18-10-12-4-2-1-3-5-12/h1-5,13-14,17H,6-11,15H2/t13-,14?/m1/s1. The molecule has 1 aliphatic heterocycles. The second-order valence-corrected chi connectivity index (χ2v) is 4.96. The molecular weight excluding hydrogens is 228 g/mol. The molecule has 4 nitrogen and oxygen atoms in total. The quantitative estimate of drug-likeness (QED) is 0.776. The fraction of sp³-hybridized carbons (Fsp3) is 0.571. The van der Waals surface area contributed by atoms with Crippen LogP contribution in [0.25, 0.3) is 0 Å². The van der Waals surface area contributed by atoms with Crippen LogP contribution in [-0.2, 0) is 11.3 Å². The molecule has 2 atom stereocenters. The lowest BCUT2D eigenvalue weighted by Crippen LogP contribution is -2.35. The summed E-state index contributed by atoms with van der Waals surface area (Å²) < 4.78 is 5.51. The maximum absolute atomic E-state index is 9.87. The second-order valence-electron chi connectivity index (χ2n) is 4.96. The van der Waals surface area contributed by atoms with E-state index in [-0.39, 0.29) is 6.04 Å². The number of hydrogen-bond acceptors (Lipinski definition) is 4. The number of nitrogens with two attached hydrogens (primary N) is 1. The van der Waals surface area contributed by atoms with Crippen LogP contribution in [0.2, 0.25) is 0 Å². The minimum Gasteiger partial charge on any atom is -0.389 e. The molecule has 1 heterocycles. The molecule has 0 aliphatic carbocycles. The number of benzene rings is 1. The van der Waals surface area contributed by atoms with Gasteiger partial charge < -0.3 is 15.6 Å². The van der Waals surface area contributed by atoms with Crippen LogP contribution >= 0.6 is 0 Å². The predicted molar refractivity (Wildman–Crippen MR) is 71.1 cm³/mol. The van der Waals surface area contributed by atoms with Crippen LogP contribution in [0, 0.1) is 0 Å². The molecule has 100 valence electrons. The van der Waals surface area contributed by atoms with Gasteiger partial charge in [0.05, 0.1) is 19.3 Å². The molecule has 2 rings (SSSR count). The molecule has 1 saturated heterocycles. The predicted octanol–water partition coefficient (Wildman–Crippen LogP) is 0.597. The van der Waals surface area contributed by atoms with Gasteiger partial charge in [-0.2, -0.15) is 0 Å². The van der Waals surface area contributed by atoms with Crippen molar-refractivity contribution in [2.24, 2.45) is 5.73 Å². The summed E-state index contributed by atoms with van der Waals surface area (Å²) >= 11 is 0. The Morgan fingerprint density at radius 1 is 1.39 bits per heavy atom. The van der Waals surface area contributed by atoms with Gasteiger partial charge in [0.1, 0.15) is 0 Å². The van der Waals surface area contributed by atoms with Crippen LogP contribution < -0.4 is 5.73 Å². The van der Waals surface area contributed by atoms with E-state index in [9.17, 15) is 5.11 Å². The summed E-state index contributed by atoms with van der Waals surface area (Å²) in [5.41, 5.74) is 6.95. The van der Waals surface area contributed by atoms with E-state index in [1.165, 1.54) is 0 Å². The molecule has 0 saturated carbocycles. The van der Waals surface area contributed by atoms with Crippen molar-refractivity contribution in [3.05, 3.63) is 35.9 Å². The Hall–Kier alpha value is -0.940. The summed E-state index contributed by atoms with van der Waals surface area (Å²) in [5.74, 6) is 0. The average Bonchev–Trinajstić information content (AvgIpc) is 2.76. The lowest BCUT2D eigenvalue weighted by atomic mass is 10.2. The minimum absolute atomic E-state index is 0.266. The third-order valence-corrected chi connectivity index (χ3v) is 3.20. The number of β-amino-alcohol motifs (C(OH)–C–C–N with tert-alkyl or cyclic N) is 1. The van der Waals surface area contributed by atoms with Crippen molar-refractivity contribution in [3.63, 3.8) is 0 Å². The molecule has 0 amide bonds. The van der Waals surface area contributed by atoms with Crippen LogP contribution in [0.4, 0.5) is 0 Å². The molecular formula is C14H22N2O2. The number of ether oxygens (including phenoxy) is 1. The van der Waals surface area contributed by atoms with E-state index in [1.807, 2.05) is 30.3 Å². The van der Waals surface area contributed by atoms with Crippen LogP contribution in [0.15, 0.2) is 30.3 Å². The molecule has 0 spiro atoms. The fourth-order valence-electron chi connectivity index (χ4n) is 2.27. The molecule has 1 aromatic rings. The zero-order chi connectivity index (χ0) is 12.8. The van der Waals surface area contributed by atoms with E-state index in [0.29, 0.717) is 19.8 Å². The van der Waals surface area contributed by atoms with E-state index >= 15 is 0 Å². The highest BCUT2D eigenvalue weighted by Crippen LogP contribution is 2.08. The summed E-state index contributed by atoms with van der Waals surface area (Å²) in [6, 6.07) is 10.3. The SMILES string of the molecule is N[C@@H]1CCN(CC(O)COCc2ccccc2)C1. The molecule has 18 heavy (non-hydrogen) atoms. The van der Waals surface area contributed by atoms with Gasteiger partial charge in [-0.05, 0) is 18.5 Å².